The van der Waals surface area contributed by atoms with Gasteiger partial charge in [-0.05, 0) is 51.6 Å². The summed E-state index contributed by atoms with van der Waals surface area (Å²) in [4.78, 5) is 20.8. The monoisotopic (exact) mass is 770 g/mol. The van der Waals surface area contributed by atoms with Crippen molar-refractivity contribution in [2.75, 3.05) is 0 Å². The van der Waals surface area contributed by atoms with Crippen molar-refractivity contribution in [1.29, 1.82) is 0 Å². The first kappa shape index (κ1) is 34.6. The van der Waals surface area contributed by atoms with E-state index in [1.54, 1.807) is 11.3 Å². The summed E-state index contributed by atoms with van der Waals surface area (Å²) in [6.45, 7) is 0. The van der Waals surface area contributed by atoms with Gasteiger partial charge in [-0.3, -0.25) is 0 Å². The van der Waals surface area contributed by atoms with Crippen molar-refractivity contribution in [2.45, 2.75) is 0 Å². The van der Waals surface area contributed by atoms with Crippen molar-refractivity contribution in [3.05, 3.63) is 206 Å². The molecule has 276 valence electrons. The summed E-state index contributed by atoms with van der Waals surface area (Å²) in [6.07, 6.45) is 0. The van der Waals surface area contributed by atoms with Gasteiger partial charge in [0.25, 0.3) is 0 Å². The van der Waals surface area contributed by atoms with Crippen LogP contribution in [-0.4, -0.2) is 19.9 Å². The van der Waals surface area contributed by atoms with Crippen LogP contribution in [0.15, 0.2) is 206 Å². The highest BCUT2D eigenvalue weighted by atomic mass is 32.1. The zero-order valence-corrected chi connectivity index (χ0v) is 32.6. The van der Waals surface area contributed by atoms with Gasteiger partial charge < -0.3 is 0 Å². The van der Waals surface area contributed by atoms with Gasteiger partial charge in [0.15, 0.2) is 17.5 Å². The first-order valence-electron chi connectivity index (χ1n) is 19.7. The maximum Gasteiger partial charge on any atom is 0.164 e. The molecule has 0 bridgehead atoms. The predicted molar refractivity (Wildman–Crippen MR) is 246 cm³/mol. The molecule has 0 amide bonds. The lowest BCUT2D eigenvalue weighted by Gasteiger charge is -2.12. The predicted octanol–water partition coefficient (Wildman–Crippen LogP) is 14.5. The van der Waals surface area contributed by atoms with Gasteiger partial charge in [0, 0.05) is 43.1 Å². The van der Waals surface area contributed by atoms with Crippen LogP contribution < -0.4 is 0 Å². The van der Waals surface area contributed by atoms with E-state index in [9.17, 15) is 0 Å². The van der Waals surface area contributed by atoms with Gasteiger partial charge in [-0.15, -0.1) is 11.3 Å². The summed E-state index contributed by atoms with van der Waals surface area (Å²) in [5, 5.41) is 3.63. The number of nitrogens with zero attached hydrogens (tertiary/aromatic N) is 4. The van der Waals surface area contributed by atoms with Crippen LogP contribution in [0.2, 0.25) is 0 Å². The molecule has 8 aromatic carbocycles. The molecule has 0 saturated carbocycles. The Hall–Kier alpha value is -7.60. The Morgan fingerprint density at radius 1 is 0.288 bits per heavy atom. The minimum atomic E-state index is 0.603. The van der Waals surface area contributed by atoms with Crippen molar-refractivity contribution in [3.8, 4) is 78.8 Å². The van der Waals surface area contributed by atoms with Crippen LogP contribution in [0, 0.1) is 0 Å². The van der Waals surface area contributed by atoms with Crippen molar-refractivity contribution in [2.24, 2.45) is 0 Å². The van der Waals surface area contributed by atoms with E-state index in [0.29, 0.717) is 17.5 Å². The molecule has 0 unspecified atom stereocenters. The molecule has 0 aliphatic rings. The van der Waals surface area contributed by atoms with E-state index < -0.39 is 0 Å². The topological polar surface area (TPSA) is 51.6 Å². The summed E-state index contributed by atoms with van der Waals surface area (Å²) in [7, 11) is 0. The van der Waals surface area contributed by atoms with Crippen LogP contribution >= 0.6 is 11.3 Å². The average Bonchev–Trinajstić information content (AvgIpc) is 3.72. The van der Waals surface area contributed by atoms with Gasteiger partial charge in [-0.25, -0.2) is 19.9 Å². The highest BCUT2D eigenvalue weighted by Crippen LogP contribution is 2.44. The first-order chi connectivity index (χ1) is 29.2. The molecular weight excluding hydrogens is 737 g/mol. The second-order valence-electron chi connectivity index (χ2n) is 14.6. The highest BCUT2D eigenvalue weighted by Gasteiger charge is 2.19. The highest BCUT2D eigenvalue weighted by molar-refractivity contribution is 7.26. The molecule has 11 rings (SSSR count). The van der Waals surface area contributed by atoms with Crippen LogP contribution in [-0.2, 0) is 0 Å². The maximum absolute atomic E-state index is 5.44. The summed E-state index contributed by atoms with van der Waals surface area (Å²) in [6, 6.07) is 72.1. The summed E-state index contributed by atoms with van der Waals surface area (Å²) in [5.74, 6) is 1.84. The number of hydrogen-bond donors (Lipinski definition) is 0. The van der Waals surface area contributed by atoms with Crippen LogP contribution in [0.1, 0.15) is 0 Å². The normalized spacial score (nSPS) is 11.4. The van der Waals surface area contributed by atoms with Gasteiger partial charge in [-0.1, -0.05) is 188 Å². The second kappa shape index (κ2) is 14.7. The standard InChI is InChI=1S/C54H34N4S/c1-4-13-35(14-5-1)38-23-27-40(28-24-38)52-56-53(41-29-25-39(26-30-41)36-15-6-2-7-16-36)58-54(57-52)44-20-12-19-43(33-44)50-51-49(46-21-10-11-22-48(46)59-51)45-32-31-42(34-47(45)55-50)37-17-8-3-9-18-37/h1-34H. The van der Waals surface area contributed by atoms with Gasteiger partial charge >= 0.3 is 0 Å². The first-order valence-corrected chi connectivity index (χ1v) is 20.5. The molecule has 0 radical (unpaired) electrons. The molecule has 0 aliphatic heterocycles. The van der Waals surface area contributed by atoms with Crippen LogP contribution in [0.5, 0.6) is 0 Å². The minimum absolute atomic E-state index is 0.603. The number of benzene rings is 8. The molecule has 4 nitrogen and oxygen atoms in total. The summed E-state index contributed by atoms with van der Waals surface area (Å²) < 4.78 is 2.40. The third-order valence-electron chi connectivity index (χ3n) is 10.9. The van der Waals surface area contributed by atoms with Gasteiger partial charge in [-0.2, -0.15) is 0 Å². The Morgan fingerprint density at radius 2 is 0.729 bits per heavy atom. The zero-order valence-electron chi connectivity index (χ0n) is 31.8. The Labute approximate surface area is 345 Å². The van der Waals surface area contributed by atoms with E-state index in [2.05, 4.69) is 194 Å². The fourth-order valence-electron chi connectivity index (χ4n) is 7.95. The zero-order chi connectivity index (χ0) is 39.1. The number of rotatable bonds is 7. The maximum atomic E-state index is 5.44. The van der Waals surface area contributed by atoms with E-state index >= 15 is 0 Å². The molecular formula is C54H34N4S. The molecule has 3 aromatic heterocycles. The number of hydrogen-bond acceptors (Lipinski definition) is 5. The number of pyridine rings is 1. The second-order valence-corrected chi connectivity index (χ2v) is 15.7. The molecule has 0 N–H and O–H groups in total. The molecule has 0 saturated heterocycles. The van der Waals surface area contributed by atoms with Crippen LogP contribution in [0.3, 0.4) is 0 Å². The van der Waals surface area contributed by atoms with Gasteiger partial charge in [0.05, 0.1) is 15.9 Å². The summed E-state index contributed by atoms with van der Waals surface area (Å²) in [5.41, 5.74) is 12.6. The van der Waals surface area contributed by atoms with Crippen LogP contribution in [0.4, 0.5) is 0 Å². The lowest BCUT2D eigenvalue weighted by Crippen LogP contribution is -2.00. The number of aromatic nitrogens is 4. The molecule has 3 heterocycles. The quantitative estimate of drug-likeness (QED) is 0.162. The van der Waals surface area contributed by atoms with Crippen molar-refractivity contribution in [3.63, 3.8) is 0 Å². The fourth-order valence-corrected chi connectivity index (χ4v) is 9.17. The van der Waals surface area contributed by atoms with Crippen molar-refractivity contribution < 1.29 is 0 Å². The third kappa shape index (κ3) is 6.54. The van der Waals surface area contributed by atoms with Crippen LogP contribution in [0.25, 0.3) is 110 Å². The molecule has 5 heteroatoms. The molecule has 0 atom stereocenters. The largest absolute Gasteiger partial charge is 0.246 e. The Bertz CT molecular complexity index is 3190. The lowest BCUT2D eigenvalue weighted by molar-refractivity contribution is 1.07. The van der Waals surface area contributed by atoms with E-state index in [4.69, 9.17) is 19.9 Å². The van der Waals surface area contributed by atoms with Crippen molar-refractivity contribution in [1.82, 2.24) is 19.9 Å². The Balaban J connectivity index is 1.06. The lowest BCUT2D eigenvalue weighted by atomic mass is 9.99. The molecule has 0 aliphatic carbocycles. The third-order valence-corrected chi connectivity index (χ3v) is 12.1. The molecule has 0 fully saturated rings. The van der Waals surface area contributed by atoms with Crippen molar-refractivity contribution >= 4 is 42.4 Å². The number of fused-ring (bicyclic) bond motifs is 5. The SMILES string of the molecule is c1ccc(-c2ccc(-c3nc(-c4ccc(-c5ccccc5)cc4)nc(-c4cccc(-c5nc6cc(-c7ccccc7)ccc6c6c5sc5ccccc56)c4)n3)cc2)cc1. The fraction of sp³-hybridized carbons (Fsp3) is 0. The smallest absolute Gasteiger partial charge is 0.164 e. The molecule has 59 heavy (non-hydrogen) atoms. The molecule has 11 aromatic rings. The van der Waals surface area contributed by atoms with Gasteiger partial charge in [0.2, 0.25) is 0 Å². The van der Waals surface area contributed by atoms with Gasteiger partial charge in [0.1, 0.15) is 0 Å². The Morgan fingerprint density at radius 3 is 1.32 bits per heavy atom. The Kier molecular flexibility index (Phi) is 8.64. The summed E-state index contributed by atoms with van der Waals surface area (Å²) >= 11 is 1.79. The minimum Gasteiger partial charge on any atom is -0.246 e. The van der Waals surface area contributed by atoms with E-state index in [-0.39, 0.29) is 0 Å². The number of thiophene rings is 1. The van der Waals surface area contributed by atoms with E-state index in [1.165, 1.54) is 21.0 Å². The molecule has 0 spiro atoms. The van der Waals surface area contributed by atoms with E-state index in [0.717, 1.165) is 71.4 Å². The van der Waals surface area contributed by atoms with E-state index in [1.807, 2.05) is 12.1 Å². The average molecular weight is 771 g/mol.